The molecule has 0 fully saturated rings. The number of hydrogen-bond acceptors (Lipinski definition) is 4. The Kier molecular flexibility index (Phi) is 2.98. The molecule has 5 nitrogen and oxygen atoms in total. The average Bonchev–Trinajstić information content (AvgIpc) is 2.07. The van der Waals surface area contributed by atoms with Crippen LogP contribution in [0.1, 0.15) is 10.4 Å². The molecule has 1 heterocycles. The summed E-state index contributed by atoms with van der Waals surface area (Å²) in [6.45, 7) is 0. The number of carboxylic acids is 1. The van der Waals surface area contributed by atoms with E-state index in [9.17, 15) is 9.18 Å². The van der Waals surface area contributed by atoms with Crippen LogP contribution in [0, 0.1) is 5.82 Å². The minimum atomic E-state index is -1.22. The zero-order valence-electron chi connectivity index (χ0n) is 7.78. The van der Waals surface area contributed by atoms with Crippen molar-refractivity contribution in [1.82, 2.24) is 9.99 Å². The third kappa shape index (κ3) is 2.40. The molecule has 0 bridgehead atoms. The molecule has 0 aliphatic heterocycles. The van der Waals surface area contributed by atoms with Crippen molar-refractivity contribution in [3.05, 3.63) is 23.6 Å². The van der Waals surface area contributed by atoms with Gasteiger partial charge in [-0.2, -0.15) is 0 Å². The predicted molar refractivity (Wildman–Crippen MR) is 48.5 cm³/mol. The van der Waals surface area contributed by atoms with Crippen LogP contribution in [0.5, 0.6) is 0 Å². The van der Waals surface area contributed by atoms with Crippen molar-refractivity contribution in [2.75, 3.05) is 19.5 Å². The Morgan fingerprint density at radius 1 is 1.64 bits per heavy atom. The van der Waals surface area contributed by atoms with E-state index in [2.05, 4.69) is 10.4 Å². The summed E-state index contributed by atoms with van der Waals surface area (Å²) in [5.74, 6) is -1.78. The zero-order chi connectivity index (χ0) is 10.7. The molecule has 1 aromatic rings. The summed E-state index contributed by atoms with van der Waals surface area (Å²) in [6.07, 6.45) is 0.957. The number of halogens is 1. The first kappa shape index (κ1) is 10.4. The molecule has 0 aliphatic rings. The number of pyridine rings is 1. The van der Waals surface area contributed by atoms with E-state index in [0.29, 0.717) is 0 Å². The van der Waals surface area contributed by atoms with Gasteiger partial charge in [0.05, 0.1) is 6.20 Å². The molecule has 6 heteroatoms. The first-order chi connectivity index (χ1) is 6.50. The maximum atomic E-state index is 12.7. The molecule has 1 aromatic heterocycles. The highest BCUT2D eigenvalue weighted by Crippen LogP contribution is 2.13. The van der Waals surface area contributed by atoms with E-state index in [1.807, 2.05) is 0 Å². The molecule has 0 atom stereocenters. The van der Waals surface area contributed by atoms with Crippen LogP contribution in [-0.2, 0) is 0 Å². The third-order valence-electron chi connectivity index (χ3n) is 1.41. The van der Waals surface area contributed by atoms with Crippen LogP contribution < -0.4 is 5.43 Å². The molecule has 0 aromatic carbocycles. The van der Waals surface area contributed by atoms with Gasteiger partial charge >= 0.3 is 5.97 Å². The minimum absolute atomic E-state index is 0.115. The summed E-state index contributed by atoms with van der Waals surface area (Å²) in [6, 6.07) is 0.918. The summed E-state index contributed by atoms with van der Waals surface area (Å²) < 4.78 is 12.7. The van der Waals surface area contributed by atoms with Gasteiger partial charge in [0, 0.05) is 14.1 Å². The maximum absolute atomic E-state index is 12.7. The fraction of sp³-hybridized carbons (Fsp3) is 0.250. The van der Waals surface area contributed by atoms with Crippen molar-refractivity contribution >= 4 is 11.8 Å². The monoisotopic (exact) mass is 199 g/mol. The van der Waals surface area contributed by atoms with Crippen molar-refractivity contribution in [3.8, 4) is 0 Å². The number of aromatic nitrogens is 1. The lowest BCUT2D eigenvalue weighted by atomic mass is 10.2. The summed E-state index contributed by atoms with van der Waals surface area (Å²) >= 11 is 0. The lowest BCUT2D eigenvalue weighted by molar-refractivity contribution is 0.0696. The number of nitrogens with zero attached hydrogens (tertiary/aromatic N) is 2. The molecule has 14 heavy (non-hydrogen) atoms. The summed E-state index contributed by atoms with van der Waals surface area (Å²) in [4.78, 5) is 14.3. The smallest absolute Gasteiger partial charge is 0.339 e. The molecule has 0 spiro atoms. The van der Waals surface area contributed by atoms with Gasteiger partial charge in [-0.15, -0.1) is 0 Å². The molecule has 0 radical (unpaired) electrons. The third-order valence-corrected chi connectivity index (χ3v) is 1.41. The number of hydrogen-bond donors (Lipinski definition) is 2. The molecule has 0 saturated heterocycles. The quantitative estimate of drug-likeness (QED) is 0.705. The lowest BCUT2D eigenvalue weighted by Crippen LogP contribution is -2.22. The van der Waals surface area contributed by atoms with E-state index in [-0.39, 0.29) is 11.4 Å². The second-order valence-corrected chi connectivity index (χ2v) is 2.86. The van der Waals surface area contributed by atoms with Crippen LogP contribution in [0.3, 0.4) is 0 Å². The zero-order valence-corrected chi connectivity index (χ0v) is 7.78. The van der Waals surface area contributed by atoms with E-state index in [1.165, 1.54) is 5.01 Å². The van der Waals surface area contributed by atoms with Gasteiger partial charge in [0.25, 0.3) is 0 Å². The number of hydrazine groups is 1. The number of nitrogens with one attached hydrogen (secondary N) is 1. The standard InChI is InChI=1S/C8H10FN3O2/c1-12(2)11-7-6(8(13)14)3-5(9)4-10-7/h3-4H,1-2H3,(H,10,11)(H,13,14). The topological polar surface area (TPSA) is 65.5 Å². The Morgan fingerprint density at radius 3 is 2.79 bits per heavy atom. The fourth-order valence-corrected chi connectivity index (χ4v) is 0.903. The second kappa shape index (κ2) is 4.01. The molecular formula is C8H10FN3O2. The molecule has 2 N–H and O–H groups in total. The van der Waals surface area contributed by atoms with Crippen molar-refractivity contribution in [1.29, 1.82) is 0 Å². The van der Waals surface area contributed by atoms with Gasteiger partial charge in [-0.25, -0.2) is 19.2 Å². The number of carbonyl (C=O) groups is 1. The number of aromatic carboxylic acids is 1. The van der Waals surface area contributed by atoms with Crippen LogP contribution in [0.15, 0.2) is 12.3 Å². The van der Waals surface area contributed by atoms with Gasteiger partial charge in [0.1, 0.15) is 11.4 Å². The normalized spacial score (nSPS) is 10.3. The highest BCUT2D eigenvalue weighted by Gasteiger charge is 2.12. The van der Waals surface area contributed by atoms with E-state index < -0.39 is 11.8 Å². The Morgan fingerprint density at radius 2 is 2.29 bits per heavy atom. The molecular weight excluding hydrogens is 189 g/mol. The average molecular weight is 199 g/mol. The van der Waals surface area contributed by atoms with Gasteiger partial charge in [-0.3, -0.25) is 0 Å². The van der Waals surface area contributed by atoms with Gasteiger partial charge in [-0.1, -0.05) is 0 Å². The Balaban J connectivity index is 3.08. The lowest BCUT2D eigenvalue weighted by Gasteiger charge is -2.13. The van der Waals surface area contributed by atoms with Crippen LogP contribution in [0.4, 0.5) is 10.2 Å². The number of anilines is 1. The second-order valence-electron chi connectivity index (χ2n) is 2.86. The van der Waals surface area contributed by atoms with Crippen LogP contribution in [0.25, 0.3) is 0 Å². The molecule has 0 amide bonds. The molecule has 1 rings (SSSR count). The van der Waals surface area contributed by atoms with E-state index in [1.54, 1.807) is 14.1 Å². The van der Waals surface area contributed by atoms with E-state index >= 15 is 0 Å². The van der Waals surface area contributed by atoms with Crippen molar-refractivity contribution in [2.24, 2.45) is 0 Å². The van der Waals surface area contributed by atoms with Crippen LogP contribution >= 0.6 is 0 Å². The van der Waals surface area contributed by atoms with Crippen molar-refractivity contribution < 1.29 is 14.3 Å². The van der Waals surface area contributed by atoms with Crippen molar-refractivity contribution in [2.45, 2.75) is 0 Å². The first-order valence-electron chi connectivity index (χ1n) is 3.83. The summed E-state index contributed by atoms with van der Waals surface area (Å²) in [5, 5.41) is 10.3. The largest absolute Gasteiger partial charge is 0.478 e. The highest BCUT2D eigenvalue weighted by molar-refractivity contribution is 5.92. The Bertz CT molecular complexity index is 354. The molecule has 0 aliphatic carbocycles. The molecule has 76 valence electrons. The Hall–Kier alpha value is -1.69. The fourth-order valence-electron chi connectivity index (χ4n) is 0.903. The molecule has 0 unspecified atom stereocenters. The Labute approximate surface area is 80.1 Å². The van der Waals surface area contributed by atoms with Crippen molar-refractivity contribution in [3.63, 3.8) is 0 Å². The van der Waals surface area contributed by atoms with Gasteiger partial charge in [0.15, 0.2) is 5.82 Å². The SMILES string of the molecule is CN(C)Nc1ncc(F)cc1C(=O)O. The number of rotatable bonds is 3. The molecule has 0 saturated carbocycles. The predicted octanol–water partition coefficient (Wildman–Crippen LogP) is 0.807. The maximum Gasteiger partial charge on any atom is 0.339 e. The number of carboxylic acid groups (broad SMARTS) is 1. The van der Waals surface area contributed by atoms with Crippen LogP contribution in [-0.4, -0.2) is 35.2 Å². The van der Waals surface area contributed by atoms with E-state index in [4.69, 9.17) is 5.11 Å². The summed E-state index contributed by atoms with van der Waals surface area (Å²) in [7, 11) is 3.35. The minimum Gasteiger partial charge on any atom is -0.478 e. The van der Waals surface area contributed by atoms with Gasteiger partial charge in [0.2, 0.25) is 0 Å². The first-order valence-corrected chi connectivity index (χ1v) is 3.83. The summed E-state index contributed by atoms with van der Waals surface area (Å²) in [5.41, 5.74) is 2.46. The van der Waals surface area contributed by atoms with E-state index in [0.717, 1.165) is 12.3 Å². The van der Waals surface area contributed by atoms with Crippen LogP contribution in [0.2, 0.25) is 0 Å². The van der Waals surface area contributed by atoms with Gasteiger partial charge in [-0.05, 0) is 6.07 Å². The highest BCUT2D eigenvalue weighted by atomic mass is 19.1. The van der Waals surface area contributed by atoms with Gasteiger partial charge < -0.3 is 10.5 Å².